The van der Waals surface area contributed by atoms with Crippen LogP contribution in [0.1, 0.15) is 40.6 Å². The molecule has 1 N–H and O–H groups in total. The molecule has 5 heteroatoms. The molecule has 2 aromatic carbocycles. The molecule has 1 aliphatic carbocycles. The fourth-order valence-electron chi connectivity index (χ4n) is 3.36. The van der Waals surface area contributed by atoms with Crippen LogP contribution in [0.25, 0.3) is 0 Å². The van der Waals surface area contributed by atoms with Crippen LogP contribution in [-0.2, 0) is 22.4 Å². The van der Waals surface area contributed by atoms with Crippen molar-refractivity contribution in [1.82, 2.24) is 4.98 Å². The van der Waals surface area contributed by atoms with Gasteiger partial charge in [0.1, 0.15) is 12.7 Å². The average Bonchev–Trinajstić information content (AvgIpc) is 3.12. The highest BCUT2D eigenvalue weighted by Crippen LogP contribution is 2.30. The van der Waals surface area contributed by atoms with Crippen LogP contribution in [0.4, 0.5) is 5.13 Å². The highest BCUT2D eigenvalue weighted by Gasteiger charge is 2.19. The summed E-state index contributed by atoms with van der Waals surface area (Å²) in [6.45, 7) is -0.0152. The van der Waals surface area contributed by atoms with Crippen LogP contribution >= 0.6 is 11.3 Å². The van der Waals surface area contributed by atoms with E-state index in [1.165, 1.54) is 17.7 Å². The predicted octanol–water partition coefficient (Wildman–Crippen LogP) is 4.77. The van der Waals surface area contributed by atoms with E-state index in [2.05, 4.69) is 10.3 Å². The van der Waals surface area contributed by atoms with Gasteiger partial charge in [0.25, 0.3) is 5.91 Å². The number of hydrogen-bond donors (Lipinski definition) is 1. The molecule has 0 saturated carbocycles. The van der Waals surface area contributed by atoms with Gasteiger partial charge in [-0.15, -0.1) is 11.3 Å². The second-order valence-corrected chi connectivity index (χ2v) is 7.74. The summed E-state index contributed by atoms with van der Waals surface area (Å²) in [6.07, 6.45) is 4.21. The lowest BCUT2D eigenvalue weighted by atomic mass is 10.0. The zero-order valence-corrected chi connectivity index (χ0v) is 15.9. The van der Waals surface area contributed by atoms with Crippen LogP contribution < -0.4 is 5.32 Å². The van der Waals surface area contributed by atoms with Gasteiger partial charge in [-0.1, -0.05) is 60.7 Å². The van der Waals surface area contributed by atoms with E-state index < -0.39 is 0 Å². The summed E-state index contributed by atoms with van der Waals surface area (Å²) in [6, 6.07) is 19.9. The van der Waals surface area contributed by atoms with Crippen molar-refractivity contribution in [2.24, 2.45) is 0 Å². The number of ether oxygens (including phenoxy) is 1. The van der Waals surface area contributed by atoms with Gasteiger partial charge in [0.05, 0.1) is 5.69 Å². The number of amides is 1. The molecule has 0 atom stereocenters. The molecule has 0 radical (unpaired) electrons. The van der Waals surface area contributed by atoms with Crippen LogP contribution in [-0.4, -0.2) is 17.5 Å². The number of anilines is 1. The lowest BCUT2D eigenvalue weighted by molar-refractivity contribution is -0.121. The molecule has 3 aromatic rings. The Balaban J connectivity index is 1.43. The topological polar surface area (TPSA) is 51.2 Å². The third-order valence-electron chi connectivity index (χ3n) is 4.68. The summed E-state index contributed by atoms with van der Waals surface area (Å²) in [5, 5.41) is 3.59. The molecular weight excluding hydrogens is 356 g/mol. The normalized spacial score (nSPS) is 13.4. The Morgan fingerprint density at radius 1 is 1.00 bits per heavy atom. The van der Waals surface area contributed by atoms with Crippen molar-refractivity contribution in [3.8, 4) is 0 Å². The minimum Gasteiger partial charge on any atom is -0.359 e. The Hall–Kier alpha value is -2.50. The molecule has 1 heterocycles. The maximum atomic E-state index is 12.4. The second-order valence-electron chi connectivity index (χ2n) is 6.66. The number of carbonyl (C=O) groups is 1. The number of aromatic nitrogens is 1. The zero-order chi connectivity index (χ0) is 18.5. The number of nitrogens with zero attached hydrogens (tertiary/aromatic N) is 1. The van der Waals surface area contributed by atoms with E-state index in [4.69, 9.17) is 4.74 Å². The molecule has 1 amide bonds. The van der Waals surface area contributed by atoms with Crippen molar-refractivity contribution >= 4 is 22.4 Å². The largest absolute Gasteiger partial charge is 0.359 e. The van der Waals surface area contributed by atoms with Crippen molar-refractivity contribution in [2.45, 2.75) is 31.8 Å². The van der Waals surface area contributed by atoms with Gasteiger partial charge in [-0.3, -0.25) is 10.1 Å². The monoisotopic (exact) mass is 378 g/mol. The number of carbonyl (C=O) groups excluding carboxylic acids is 1. The van der Waals surface area contributed by atoms with E-state index in [0.717, 1.165) is 29.7 Å². The van der Waals surface area contributed by atoms with Crippen molar-refractivity contribution < 1.29 is 9.53 Å². The Morgan fingerprint density at radius 2 is 1.63 bits per heavy atom. The van der Waals surface area contributed by atoms with Crippen LogP contribution in [0.15, 0.2) is 60.7 Å². The molecule has 0 unspecified atom stereocenters. The van der Waals surface area contributed by atoms with E-state index in [9.17, 15) is 4.79 Å². The second kappa shape index (κ2) is 8.46. The van der Waals surface area contributed by atoms with E-state index in [1.807, 2.05) is 60.7 Å². The molecule has 1 aromatic heterocycles. The summed E-state index contributed by atoms with van der Waals surface area (Å²) in [4.78, 5) is 18.3. The van der Waals surface area contributed by atoms with Gasteiger partial charge in [0, 0.05) is 4.88 Å². The molecule has 0 bridgehead atoms. The standard InChI is InChI=1S/C22H22N2O2S/c25-20(24-22-23-18-13-7-8-14-19(18)27-22)15-26-21(16-9-3-1-4-10-16)17-11-5-2-6-12-17/h1-6,9-12,21H,7-8,13-15H2,(H,23,24,25). The van der Waals surface area contributed by atoms with Gasteiger partial charge in [-0.25, -0.2) is 4.98 Å². The average molecular weight is 378 g/mol. The number of hydrogen-bond acceptors (Lipinski definition) is 4. The Labute approximate surface area is 163 Å². The molecule has 4 rings (SSSR count). The highest BCUT2D eigenvalue weighted by atomic mass is 32.1. The minimum absolute atomic E-state index is 0.0152. The molecule has 4 nitrogen and oxygen atoms in total. The predicted molar refractivity (Wildman–Crippen MR) is 108 cm³/mol. The Morgan fingerprint density at radius 3 is 2.26 bits per heavy atom. The first-order valence-electron chi connectivity index (χ1n) is 9.29. The summed E-state index contributed by atoms with van der Waals surface area (Å²) < 4.78 is 6.02. The number of aryl methyl sites for hydroxylation is 2. The van der Waals surface area contributed by atoms with Gasteiger partial charge < -0.3 is 4.74 Å². The third-order valence-corrected chi connectivity index (χ3v) is 5.75. The maximum absolute atomic E-state index is 12.4. The van der Waals surface area contributed by atoms with Crippen LogP contribution in [0.3, 0.4) is 0 Å². The summed E-state index contributed by atoms with van der Waals surface area (Å²) in [5.41, 5.74) is 3.20. The SMILES string of the molecule is O=C(COC(c1ccccc1)c1ccccc1)Nc1nc2c(s1)CCCC2. The fourth-order valence-corrected chi connectivity index (χ4v) is 4.43. The molecule has 0 spiro atoms. The Bertz CT molecular complexity index is 830. The van der Waals surface area contributed by atoms with E-state index in [0.29, 0.717) is 5.13 Å². The minimum atomic E-state index is -0.275. The van der Waals surface area contributed by atoms with Crippen LogP contribution in [0.5, 0.6) is 0 Å². The van der Waals surface area contributed by atoms with Crippen molar-refractivity contribution in [3.63, 3.8) is 0 Å². The molecule has 27 heavy (non-hydrogen) atoms. The molecular formula is C22H22N2O2S. The number of nitrogens with one attached hydrogen (secondary N) is 1. The zero-order valence-electron chi connectivity index (χ0n) is 15.1. The van der Waals surface area contributed by atoms with Crippen molar-refractivity contribution in [1.29, 1.82) is 0 Å². The molecule has 1 aliphatic rings. The van der Waals surface area contributed by atoms with Crippen molar-refractivity contribution in [3.05, 3.63) is 82.4 Å². The van der Waals surface area contributed by atoms with Gasteiger partial charge >= 0.3 is 0 Å². The van der Waals surface area contributed by atoms with Crippen LogP contribution in [0.2, 0.25) is 0 Å². The molecule has 0 saturated heterocycles. The van der Waals surface area contributed by atoms with Crippen LogP contribution in [0, 0.1) is 0 Å². The van der Waals surface area contributed by atoms with E-state index in [1.54, 1.807) is 11.3 Å². The van der Waals surface area contributed by atoms with Gasteiger partial charge in [0.2, 0.25) is 0 Å². The fraction of sp³-hybridized carbons (Fsp3) is 0.273. The first kappa shape index (κ1) is 17.9. The van der Waals surface area contributed by atoms with E-state index >= 15 is 0 Å². The van der Waals surface area contributed by atoms with Gasteiger partial charge in [0.15, 0.2) is 5.13 Å². The third kappa shape index (κ3) is 4.43. The smallest absolute Gasteiger partial charge is 0.252 e. The van der Waals surface area contributed by atoms with Crippen molar-refractivity contribution in [2.75, 3.05) is 11.9 Å². The first-order valence-corrected chi connectivity index (χ1v) is 10.1. The number of benzene rings is 2. The molecule has 0 aliphatic heterocycles. The Kier molecular flexibility index (Phi) is 5.61. The number of thiazole rings is 1. The van der Waals surface area contributed by atoms with E-state index in [-0.39, 0.29) is 18.6 Å². The maximum Gasteiger partial charge on any atom is 0.252 e. The molecule has 138 valence electrons. The molecule has 0 fully saturated rings. The number of rotatable bonds is 6. The lowest BCUT2D eigenvalue weighted by Crippen LogP contribution is -2.20. The summed E-state index contributed by atoms with van der Waals surface area (Å²) >= 11 is 1.59. The summed E-state index contributed by atoms with van der Waals surface area (Å²) in [7, 11) is 0. The first-order chi connectivity index (χ1) is 13.3. The quantitative estimate of drug-likeness (QED) is 0.672. The number of fused-ring (bicyclic) bond motifs is 1. The summed E-state index contributed by atoms with van der Waals surface area (Å²) in [5.74, 6) is -0.169. The lowest BCUT2D eigenvalue weighted by Gasteiger charge is -2.18. The van der Waals surface area contributed by atoms with Gasteiger partial charge in [-0.2, -0.15) is 0 Å². The highest BCUT2D eigenvalue weighted by molar-refractivity contribution is 7.15. The van der Waals surface area contributed by atoms with Gasteiger partial charge in [-0.05, 0) is 36.8 Å².